The van der Waals surface area contributed by atoms with Gasteiger partial charge >= 0.3 is 0 Å². The summed E-state index contributed by atoms with van der Waals surface area (Å²) in [5, 5.41) is 12.3. The summed E-state index contributed by atoms with van der Waals surface area (Å²) in [5.74, 6) is 0.604. The number of fused-ring (bicyclic) bond motifs is 3. The van der Waals surface area contributed by atoms with Crippen molar-refractivity contribution in [1.82, 2.24) is 5.32 Å². The minimum Gasteiger partial charge on any atom is -0.488 e. The van der Waals surface area contributed by atoms with Crippen LogP contribution in [0.3, 0.4) is 0 Å². The lowest BCUT2D eigenvalue weighted by Crippen LogP contribution is -2.58. The highest BCUT2D eigenvalue weighted by Crippen LogP contribution is 2.37. The molecule has 0 saturated carbocycles. The number of nitriles is 1. The molecule has 0 aliphatic carbocycles. The topological polar surface area (TPSA) is 97.4 Å². The van der Waals surface area contributed by atoms with Gasteiger partial charge in [0.2, 0.25) is 5.91 Å². The number of para-hydroxylation sites is 1. The van der Waals surface area contributed by atoms with Gasteiger partial charge in [-0.2, -0.15) is 5.26 Å². The van der Waals surface area contributed by atoms with Crippen LogP contribution in [0.2, 0.25) is 0 Å². The number of ether oxygens (including phenoxy) is 2. The fourth-order valence-corrected chi connectivity index (χ4v) is 3.76. The second-order valence-corrected chi connectivity index (χ2v) is 7.40. The fraction of sp³-hybridized carbons (Fsp3) is 0.364. The van der Waals surface area contributed by atoms with Crippen LogP contribution in [0.5, 0.6) is 5.75 Å². The van der Waals surface area contributed by atoms with E-state index >= 15 is 0 Å². The van der Waals surface area contributed by atoms with Crippen molar-refractivity contribution in [3.8, 4) is 22.9 Å². The predicted molar refractivity (Wildman–Crippen MR) is 104 cm³/mol. The number of benzene rings is 2. The molecule has 3 N–H and O–H groups in total. The molecule has 0 radical (unpaired) electrons. The van der Waals surface area contributed by atoms with E-state index in [1.54, 1.807) is 0 Å². The molecule has 4 rings (SSSR count). The lowest BCUT2D eigenvalue weighted by atomic mass is 9.89. The van der Waals surface area contributed by atoms with Crippen LogP contribution in [0.25, 0.3) is 11.1 Å². The monoisotopic (exact) mass is 377 g/mol. The van der Waals surface area contributed by atoms with Crippen LogP contribution in [0.1, 0.15) is 24.0 Å². The maximum Gasteiger partial charge on any atom is 0.241 e. The van der Waals surface area contributed by atoms with Crippen molar-refractivity contribution >= 4 is 5.91 Å². The predicted octanol–water partition coefficient (Wildman–Crippen LogP) is 2.30. The number of hydrogen-bond donors (Lipinski definition) is 2. The van der Waals surface area contributed by atoms with Crippen LogP contribution in [0, 0.1) is 11.3 Å². The zero-order chi connectivity index (χ0) is 19.6. The van der Waals surface area contributed by atoms with E-state index in [0.29, 0.717) is 39.1 Å². The Bertz CT molecular complexity index is 929. The smallest absolute Gasteiger partial charge is 0.241 e. The van der Waals surface area contributed by atoms with E-state index in [1.807, 2.05) is 30.3 Å². The Kier molecular flexibility index (Phi) is 5.03. The number of hydrogen-bond acceptors (Lipinski definition) is 5. The van der Waals surface area contributed by atoms with Crippen molar-refractivity contribution < 1.29 is 14.3 Å². The van der Waals surface area contributed by atoms with E-state index < -0.39 is 11.6 Å². The molecule has 144 valence electrons. The molecule has 1 atom stereocenters. The number of nitrogens with zero attached hydrogens (tertiary/aromatic N) is 1. The molecule has 2 aromatic carbocycles. The molecule has 2 aliphatic rings. The van der Waals surface area contributed by atoms with E-state index in [0.717, 1.165) is 28.0 Å². The maximum absolute atomic E-state index is 12.6. The molecule has 0 unspecified atom stereocenters. The third-order valence-corrected chi connectivity index (χ3v) is 5.47. The third-order valence-electron chi connectivity index (χ3n) is 5.47. The van der Waals surface area contributed by atoms with Crippen LogP contribution < -0.4 is 15.8 Å². The van der Waals surface area contributed by atoms with Crippen molar-refractivity contribution in [2.75, 3.05) is 13.2 Å². The van der Waals surface area contributed by atoms with Crippen LogP contribution in [0.15, 0.2) is 42.5 Å². The van der Waals surface area contributed by atoms with Crippen LogP contribution in [0.4, 0.5) is 0 Å². The summed E-state index contributed by atoms with van der Waals surface area (Å²) in [6, 6.07) is 15.6. The van der Waals surface area contributed by atoms with Gasteiger partial charge in [0.25, 0.3) is 0 Å². The summed E-state index contributed by atoms with van der Waals surface area (Å²) in [5.41, 5.74) is 9.54. The Morgan fingerprint density at radius 2 is 2.00 bits per heavy atom. The zero-order valence-electron chi connectivity index (χ0n) is 15.6. The van der Waals surface area contributed by atoms with Crippen molar-refractivity contribution in [2.45, 2.75) is 37.5 Å². The fourth-order valence-electron chi connectivity index (χ4n) is 3.76. The second-order valence-electron chi connectivity index (χ2n) is 7.40. The first kappa shape index (κ1) is 18.5. The number of nitrogens with two attached hydrogens (primary N) is 1. The van der Waals surface area contributed by atoms with Crippen molar-refractivity contribution in [1.29, 1.82) is 5.26 Å². The maximum atomic E-state index is 12.6. The van der Waals surface area contributed by atoms with E-state index in [2.05, 4.69) is 23.5 Å². The quantitative estimate of drug-likeness (QED) is 0.852. The Morgan fingerprint density at radius 3 is 2.79 bits per heavy atom. The molecule has 2 heterocycles. The first-order valence-corrected chi connectivity index (χ1v) is 9.50. The Balaban J connectivity index is 1.48. The Hall–Kier alpha value is -2.88. The highest BCUT2D eigenvalue weighted by Gasteiger charge is 2.36. The zero-order valence-corrected chi connectivity index (χ0v) is 15.6. The number of amides is 1. The number of carbonyl (C=O) groups excluding carboxylic acids is 1. The Labute approximate surface area is 164 Å². The molecule has 2 aromatic rings. The molecule has 28 heavy (non-hydrogen) atoms. The molecule has 6 heteroatoms. The van der Waals surface area contributed by atoms with Gasteiger partial charge in [-0.25, -0.2) is 0 Å². The van der Waals surface area contributed by atoms with Crippen molar-refractivity contribution in [2.24, 2.45) is 5.73 Å². The normalized spacial score (nSPS) is 18.0. The van der Waals surface area contributed by atoms with Crippen LogP contribution in [-0.2, 0) is 22.6 Å². The SMILES string of the molecule is N#C[C@H](Cc1ccc2c(c1)COc1ccccc1-2)NC(=O)C1(N)CCOCC1. The molecular formula is C22H23N3O3. The number of carbonyl (C=O) groups is 1. The van der Waals surface area contributed by atoms with E-state index in [9.17, 15) is 10.1 Å². The molecular weight excluding hydrogens is 354 g/mol. The summed E-state index contributed by atoms with van der Waals surface area (Å²) in [6.07, 6.45) is 1.35. The summed E-state index contributed by atoms with van der Waals surface area (Å²) < 4.78 is 11.1. The van der Waals surface area contributed by atoms with E-state index in [4.69, 9.17) is 15.2 Å². The largest absolute Gasteiger partial charge is 0.488 e. The lowest BCUT2D eigenvalue weighted by molar-refractivity contribution is -0.130. The van der Waals surface area contributed by atoms with Gasteiger partial charge in [0.1, 0.15) is 18.4 Å². The molecule has 2 aliphatic heterocycles. The molecule has 1 saturated heterocycles. The minimum atomic E-state index is -0.958. The average Bonchev–Trinajstić information content (AvgIpc) is 2.73. The van der Waals surface area contributed by atoms with Gasteiger partial charge in [0, 0.05) is 25.2 Å². The number of rotatable bonds is 4. The van der Waals surface area contributed by atoms with Crippen molar-refractivity contribution in [3.63, 3.8) is 0 Å². The van der Waals surface area contributed by atoms with Crippen LogP contribution >= 0.6 is 0 Å². The standard InChI is InChI=1S/C22H23N3O3/c23-13-17(25-21(26)22(24)7-9-27-10-8-22)12-15-5-6-18-16(11-15)14-28-20-4-2-1-3-19(18)20/h1-6,11,17H,7-10,12,14,24H2,(H,25,26)/t17-/m0/s1. The highest BCUT2D eigenvalue weighted by atomic mass is 16.5. The highest BCUT2D eigenvalue weighted by molar-refractivity contribution is 5.86. The average molecular weight is 377 g/mol. The van der Waals surface area contributed by atoms with Gasteiger partial charge in [0.15, 0.2) is 0 Å². The molecule has 0 spiro atoms. The number of nitrogens with one attached hydrogen (secondary N) is 1. The van der Waals surface area contributed by atoms with Crippen LogP contribution in [-0.4, -0.2) is 30.7 Å². The molecule has 6 nitrogen and oxygen atoms in total. The van der Waals surface area contributed by atoms with Gasteiger partial charge in [-0.1, -0.05) is 36.4 Å². The molecule has 0 bridgehead atoms. The molecule has 1 amide bonds. The first-order valence-electron chi connectivity index (χ1n) is 9.50. The van der Waals surface area contributed by atoms with Crippen molar-refractivity contribution in [3.05, 3.63) is 53.6 Å². The minimum absolute atomic E-state index is 0.280. The summed E-state index contributed by atoms with van der Waals surface area (Å²) >= 11 is 0. The van der Waals surface area contributed by atoms with Gasteiger partial charge in [-0.05, 0) is 35.6 Å². The summed E-state index contributed by atoms with van der Waals surface area (Å²) in [7, 11) is 0. The van der Waals surface area contributed by atoms with Gasteiger partial charge in [-0.15, -0.1) is 0 Å². The van der Waals surface area contributed by atoms with E-state index in [-0.39, 0.29) is 5.91 Å². The van der Waals surface area contributed by atoms with Gasteiger partial charge < -0.3 is 20.5 Å². The third kappa shape index (κ3) is 3.59. The summed E-state index contributed by atoms with van der Waals surface area (Å²) in [6.45, 7) is 1.43. The first-order chi connectivity index (χ1) is 13.6. The van der Waals surface area contributed by atoms with E-state index in [1.165, 1.54) is 0 Å². The Morgan fingerprint density at radius 1 is 1.21 bits per heavy atom. The molecule has 1 fully saturated rings. The lowest BCUT2D eigenvalue weighted by Gasteiger charge is -2.32. The van der Waals surface area contributed by atoms with Gasteiger partial charge in [0.05, 0.1) is 11.6 Å². The molecule has 0 aromatic heterocycles. The summed E-state index contributed by atoms with van der Waals surface area (Å²) in [4.78, 5) is 12.6. The second kappa shape index (κ2) is 7.63. The van der Waals surface area contributed by atoms with Gasteiger partial charge in [-0.3, -0.25) is 4.79 Å².